The number of benzene rings is 1. The first-order valence-corrected chi connectivity index (χ1v) is 8.50. The minimum atomic E-state index is 0.459. The Hall–Kier alpha value is -2.02. The molecule has 0 spiro atoms. The molecule has 0 aromatic heterocycles. The van der Waals surface area contributed by atoms with Crippen LogP contribution in [-0.4, -0.2) is 19.6 Å². The monoisotopic (exact) mass is 312 g/mol. The molecular weight excluding hydrogens is 284 g/mol. The maximum absolute atomic E-state index is 8.83. The lowest BCUT2D eigenvalue weighted by atomic mass is 9.64. The lowest BCUT2D eigenvalue weighted by molar-refractivity contribution is 0.104. The SMILES string of the molecule is CN=C(NCc1ccc(C#N)cc1)NCC1(CC(C)C)CCC1. The van der Waals surface area contributed by atoms with E-state index in [1.165, 1.54) is 25.7 Å². The van der Waals surface area contributed by atoms with Gasteiger partial charge in [0.05, 0.1) is 11.6 Å². The van der Waals surface area contributed by atoms with Gasteiger partial charge in [0, 0.05) is 20.1 Å². The summed E-state index contributed by atoms with van der Waals surface area (Å²) in [6.07, 6.45) is 5.29. The molecule has 0 saturated heterocycles. The van der Waals surface area contributed by atoms with Crippen molar-refractivity contribution in [3.8, 4) is 6.07 Å². The maximum Gasteiger partial charge on any atom is 0.191 e. The van der Waals surface area contributed by atoms with Gasteiger partial charge in [0.2, 0.25) is 0 Å². The van der Waals surface area contributed by atoms with Crippen molar-refractivity contribution in [2.45, 2.75) is 46.1 Å². The second kappa shape index (κ2) is 8.01. The van der Waals surface area contributed by atoms with E-state index in [1.54, 1.807) is 0 Å². The first-order chi connectivity index (χ1) is 11.1. The predicted octanol–water partition coefficient (Wildman–Crippen LogP) is 3.44. The maximum atomic E-state index is 8.83. The van der Waals surface area contributed by atoms with Crippen molar-refractivity contribution < 1.29 is 0 Å². The van der Waals surface area contributed by atoms with E-state index in [4.69, 9.17) is 5.26 Å². The Morgan fingerprint density at radius 1 is 1.26 bits per heavy atom. The minimum absolute atomic E-state index is 0.459. The normalized spacial score (nSPS) is 16.6. The summed E-state index contributed by atoms with van der Waals surface area (Å²) in [5, 5.41) is 15.7. The van der Waals surface area contributed by atoms with Crippen molar-refractivity contribution in [1.82, 2.24) is 10.6 Å². The summed E-state index contributed by atoms with van der Waals surface area (Å²) in [5.41, 5.74) is 2.30. The molecule has 0 unspecified atom stereocenters. The van der Waals surface area contributed by atoms with Gasteiger partial charge in [-0.25, -0.2) is 0 Å². The average molecular weight is 312 g/mol. The zero-order valence-corrected chi connectivity index (χ0v) is 14.5. The fraction of sp³-hybridized carbons (Fsp3) is 0.579. The molecular formula is C19H28N4. The molecule has 4 nitrogen and oxygen atoms in total. The molecule has 0 atom stereocenters. The highest BCUT2D eigenvalue weighted by Gasteiger charge is 2.37. The number of hydrogen-bond acceptors (Lipinski definition) is 2. The first kappa shape index (κ1) is 17.3. The number of nitrogens with one attached hydrogen (secondary N) is 2. The smallest absolute Gasteiger partial charge is 0.191 e. The van der Waals surface area contributed by atoms with E-state index >= 15 is 0 Å². The quantitative estimate of drug-likeness (QED) is 0.625. The summed E-state index contributed by atoms with van der Waals surface area (Å²) in [7, 11) is 1.81. The number of nitrogens with zero attached hydrogens (tertiary/aromatic N) is 2. The van der Waals surface area contributed by atoms with Gasteiger partial charge in [-0.05, 0) is 48.3 Å². The van der Waals surface area contributed by atoms with Gasteiger partial charge in [0.25, 0.3) is 0 Å². The number of hydrogen-bond donors (Lipinski definition) is 2. The molecule has 23 heavy (non-hydrogen) atoms. The first-order valence-electron chi connectivity index (χ1n) is 8.50. The Morgan fingerprint density at radius 3 is 2.43 bits per heavy atom. The van der Waals surface area contributed by atoms with E-state index in [-0.39, 0.29) is 0 Å². The lowest BCUT2D eigenvalue weighted by Crippen LogP contribution is -2.46. The second-order valence-electron chi connectivity index (χ2n) is 7.04. The third-order valence-electron chi connectivity index (χ3n) is 4.65. The van der Waals surface area contributed by atoms with Crippen LogP contribution in [0.2, 0.25) is 0 Å². The van der Waals surface area contributed by atoms with Crippen LogP contribution in [0.15, 0.2) is 29.3 Å². The van der Waals surface area contributed by atoms with Crippen molar-refractivity contribution in [3.05, 3.63) is 35.4 Å². The van der Waals surface area contributed by atoms with Gasteiger partial charge < -0.3 is 10.6 Å². The summed E-state index contributed by atoms with van der Waals surface area (Å²) in [5.74, 6) is 1.59. The highest BCUT2D eigenvalue weighted by molar-refractivity contribution is 5.79. The number of nitriles is 1. The molecule has 1 aliphatic rings. The van der Waals surface area contributed by atoms with E-state index in [1.807, 2.05) is 31.3 Å². The topological polar surface area (TPSA) is 60.2 Å². The summed E-state index contributed by atoms with van der Waals surface area (Å²) >= 11 is 0. The number of guanidine groups is 1. The van der Waals surface area contributed by atoms with Crippen LogP contribution in [0.3, 0.4) is 0 Å². The Labute approximate surface area is 140 Å². The van der Waals surface area contributed by atoms with Crippen LogP contribution in [0.4, 0.5) is 0 Å². The third-order valence-corrected chi connectivity index (χ3v) is 4.65. The van der Waals surface area contributed by atoms with Gasteiger partial charge in [-0.3, -0.25) is 4.99 Å². The van der Waals surface area contributed by atoms with Crippen molar-refractivity contribution in [3.63, 3.8) is 0 Å². The summed E-state index contributed by atoms with van der Waals surface area (Å²) < 4.78 is 0. The Kier molecular flexibility index (Phi) is 6.04. The largest absolute Gasteiger partial charge is 0.356 e. The fourth-order valence-electron chi connectivity index (χ4n) is 3.37. The second-order valence-corrected chi connectivity index (χ2v) is 7.04. The molecule has 0 radical (unpaired) electrons. The highest BCUT2D eigenvalue weighted by Crippen LogP contribution is 2.45. The van der Waals surface area contributed by atoms with Crippen molar-refractivity contribution >= 4 is 5.96 Å². The van der Waals surface area contributed by atoms with Crippen LogP contribution in [0.1, 0.15) is 50.7 Å². The van der Waals surface area contributed by atoms with Crippen LogP contribution >= 0.6 is 0 Å². The van der Waals surface area contributed by atoms with Crippen molar-refractivity contribution in [2.75, 3.05) is 13.6 Å². The Balaban J connectivity index is 1.82. The summed E-state index contributed by atoms with van der Waals surface area (Å²) in [6.45, 7) is 6.32. The van der Waals surface area contributed by atoms with Crippen LogP contribution < -0.4 is 10.6 Å². The molecule has 4 heteroatoms. The molecule has 1 aromatic carbocycles. The van der Waals surface area contributed by atoms with E-state index in [0.717, 1.165) is 24.0 Å². The van der Waals surface area contributed by atoms with Gasteiger partial charge in [-0.15, -0.1) is 0 Å². The molecule has 0 aliphatic heterocycles. The fourth-order valence-corrected chi connectivity index (χ4v) is 3.37. The summed E-state index contributed by atoms with van der Waals surface area (Å²) in [6, 6.07) is 9.79. The van der Waals surface area contributed by atoms with E-state index < -0.39 is 0 Å². The standard InChI is InChI=1S/C19H28N4/c1-15(2)11-19(9-4-10-19)14-23-18(21-3)22-13-17-7-5-16(12-20)6-8-17/h5-8,15H,4,9-11,13-14H2,1-3H3,(H2,21,22,23). The molecule has 0 heterocycles. The lowest BCUT2D eigenvalue weighted by Gasteiger charge is -2.43. The molecule has 124 valence electrons. The Bertz CT molecular complexity index is 562. The molecule has 0 bridgehead atoms. The molecule has 1 saturated carbocycles. The third kappa shape index (κ3) is 4.99. The van der Waals surface area contributed by atoms with Gasteiger partial charge >= 0.3 is 0 Å². The molecule has 2 rings (SSSR count). The van der Waals surface area contributed by atoms with E-state index in [2.05, 4.69) is 35.5 Å². The molecule has 1 aliphatic carbocycles. The van der Waals surface area contributed by atoms with Gasteiger partial charge in [0.15, 0.2) is 5.96 Å². The van der Waals surface area contributed by atoms with Crippen molar-refractivity contribution in [1.29, 1.82) is 5.26 Å². The molecule has 2 N–H and O–H groups in total. The van der Waals surface area contributed by atoms with Crippen LogP contribution in [0.25, 0.3) is 0 Å². The summed E-state index contributed by atoms with van der Waals surface area (Å²) in [4.78, 5) is 4.32. The highest BCUT2D eigenvalue weighted by atomic mass is 15.2. The van der Waals surface area contributed by atoms with Crippen LogP contribution in [0, 0.1) is 22.7 Å². The molecule has 0 amide bonds. The zero-order valence-electron chi connectivity index (χ0n) is 14.5. The number of rotatable bonds is 6. The van der Waals surface area contributed by atoms with Crippen LogP contribution in [0.5, 0.6) is 0 Å². The molecule has 1 aromatic rings. The van der Waals surface area contributed by atoms with Crippen LogP contribution in [-0.2, 0) is 6.54 Å². The van der Waals surface area contributed by atoms with E-state index in [0.29, 0.717) is 17.5 Å². The zero-order chi connectivity index (χ0) is 16.7. The number of aliphatic imine (C=N–C) groups is 1. The van der Waals surface area contributed by atoms with Gasteiger partial charge in [0.1, 0.15) is 0 Å². The molecule has 1 fully saturated rings. The Morgan fingerprint density at radius 2 is 1.96 bits per heavy atom. The van der Waals surface area contributed by atoms with Crippen molar-refractivity contribution in [2.24, 2.45) is 16.3 Å². The minimum Gasteiger partial charge on any atom is -0.356 e. The van der Waals surface area contributed by atoms with E-state index in [9.17, 15) is 0 Å². The van der Waals surface area contributed by atoms with Gasteiger partial charge in [-0.1, -0.05) is 32.4 Å². The average Bonchev–Trinajstić information content (AvgIpc) is 2.52. The predicted molar refractivity (Wildman–Crippen MR) is 95.1 cm³/mol. The van der Waals surface area contributed by atoms with Gasteiger partial charge in [-0.2, -0.15) is 5.26 Å².